The van der Waals surface area contributed by atoms with E-state index in [-0.39, 0.29) is 6.61 Å². The molecule has 1 rings (SSSR count). The average Bonchev–Trinajstić information content (AvgIpc) is 2.25. The van der Waals surface area contributed by atoms with Gasteiger partial charge in [-0.1, -0.05) is 22.0 Å². The molecular weight excluding hydrogens is 268 g/mol. The molecule has 1 aromatic carbocycles. The minimum atomic E-state index is 0.0783. The molecule has 0 aliphatic heterocycles. The Balaban J connectivity index is 2.80. The van der Waals surface area contributed by atoms with Crippen molar-refractivity contribution in [3.8, 4) is 0 Å². The lowest BCUT2D eigenvalue weighted by molar-refractivity contribution is 0.282. The number of nitrogens with zero attached hydrogens (tertiary/aromatic N) is 2. The number of hydrogen-bond donors (Lipinski definition) is 1. The van der Waals surface area contributed by atoms with E-state index in [4.69, 9.17) is 0 Å². The maximum absolute atomic E-state index is 9.28. The van der Waals surface area contributed by atoms with Crippen LogP contribution in [0.1, 0.15) is 5.56 Å². The molecule has 0 bridgehead atoms. The standard InChI is InChI=1S/C12H19BrN2O/c1-14(2)6-7-15(3)12-8-11(13)5-4-10(12)9-16/h4-5,8,16H,6-7,9H2,1-3H3. The minimum Gasteiger partial charge on any atom is -0.392 e. The molecule has 0 atom stereocenters. The molecule has 0 saturated carbocycles. The fourth-order valence-electron chi connectivity index (χ4n) is 1.50. The average molecular weight is 287 g/mol. The smallest absolute Gasteiger partial charge is 0.0702 e. The van der Waals surface area contributed by atoms with Crippen LogP contribution in [0.25, 0.3) is 0 Å². The number of likely N-dealkylation sites (N-methyl/N-ethyl adjacent to an activating group) is 2. The van der Waals surface area contributed by atoms with Crippen LogP contribution in [0, 0.1) is 0 Å². The number of hydrogen-bond acceptors (Lipinski definition) is 3. The second kappa shape index (κ2) is 6.23. The Hall–Kier alpha value is -0.580. The van der Waals surface area contributed by atoms with Crippen LogP contribution >= 0.6 is 15.9 Å². The minimum absolute atomic E-state index is 0.0783. The quantitative estimate of drug-likeness (QED) is 0.896. The lowest BCUT2D eigenvalue weighted by Gasteiger charge is -2.24. The molecule has 0 heterocycles. The highest BCUT2D eigenvalue weighted by Gasteiger charge is 2.07. The summed E-state index contributed by atoms with van der Waals surface area (Å²) in [7, 11) is 6.16. The van der Waals surface area contributed by atoms with Gasteiger partial charge in [0.1, 0.15) is 0 Å². The third kappa shape index (κ3) is 3.77. The lowest BCUT2D eigenvalue weighted by Crippen LogP contribution is -2.29. The second-order valence-electron chi connectivity index (χ2n) is 4.16. The summed E-state index contributed by atoms with van der Waals surface area (Å²) in [5, 5.41) is 9.28. The lowest BCUT2D eigenvalue weighted by atomic mass is 10.1. The van der Waals surface area contributed by atoms with Gasteiger partial charge in [0.15, 0.2) is 0 Å². The van der Waals surface area contributed by atoms with Gasteiger partial charge in [-0.25, -0.2) is 0 Å². The van der Waals surface area contributed by atoms with Crippen molar-refractivity contribution in [2.24, 2.45) is 0 Å². The fraction of sp³-hybridized carbons (Fsp3) is 0.500. The Morgan fingerprint density at radius 1 is 1.19 bits per heavy atom. The van der Waals surface area contributed by atoms with Crippen molar-refractivity contribution < 1.29 is 5.11 Å². The Morgan fingerprint density at radius 3 is 2.44 bits per heavy atom. The number of aliphatic hydroxyl groups excluding tert-OH is 1. The van der Waals surface area contributed by atoms with E-state index in [1.165, 1.54) is 0 Å². The predicted octanol–water partition coefficient (Wildman–Crippen LogP) is 1.94. The number of rotatable bonds is 5. The molecular formula is C12H19BrN2O. The van der Waals surface area contributed by atoms with Gasteiger partial charge in [-0.05, 0) is 26.2 Å². The Morgan fingerprint density at radius 2 is 1.88 bits per heavy atom. The van der Waals surface area contributed by atoms with E-state index in [0.29, 0.717) is 0 Å². The SMILES string of the molecule is CN(C)CCN(C)c1cc(Br)ccc1CO. The van der Waals surface area contributed by atoms with Crippen LogP contribution in [-0.2, 0) is 6.61 Å². The van der Waals surface area contributed by atoms with Crippen molar-refractivity contribution >= 4 is 21.6 Å². The highest BCUT2D eigenvalue weighted by molar-refractivity contribution is 9.10. The van der Waals surface area contributed by atoms with E-state index in [1.54, 1.807) is 0 Å². The molecule has 0 fully saturated rings. The van der Waals surface area contributed by atoms with Gasteiger partial charge in [0.25, 0.3) is 0 Å². The van der Waals surface area contributed by atoms with E-state index in [1.807, 2.05) is 25.2 Å². The largest absolute Gasteiger partial charge is 0.392 e. The van der Waals surface area contributed by atoms with E-state index in [2.05, 4.69) is 39.8 Å². The van der Waals surface area contributed by atoms with Gasteiger partial charge in [0, 0.05) is 35.9 Å². The van der Waals surface area contributed by atoms with Crippen LogP contribution in [0.5, 0.6) is 0 Å². The molecule has 0 spiro atoms. The zero-order valence-electron chi connectivity index (χ0n) is 10.1. The van der Waals surface area contributed by atoms with E-state index in [0.717, 1.165) is 28.8 Å². The van der Waals surface area contributed by atoms with Gasteiger partial charge in [-0.2, -0.15) is 0 Å². The molecule has 0 aromatic heterocycles. The molecule has 0 aliphatic rings. The van der Waals surface area contributed by atoms with Crippen molar-refractivity contribution in [2.45, 2.75) is 6.61 Å². The maximum atomic E-state index is 9.28. The number of anilines is 1. The molecule has 0 saturated heterocycles. The summed E-state index contributed by atoms with van der Waals surface area (Å²) < 4.78 is 1.04. The summed E-state index contributed by atoms with van der Waals surface area (Å²) in [5.74, 6) is 0. The molecule has 0 unspecified atom stereocenters. The molecule has 0 amide bonds. The summed E-state index contributed by atoms with van der Waals surface area (Å²) in [4.78, 5) is 4.31. The normalized spacial score (nSPS) is 10.9. The van der Waals surface area contributed by atoms with Gasteiger partial charge < -0.3 is 14.9 Å². The highest BCUT2D eigenvalue weighted by Crippen LogP contribution is 2.24. The maximum Gasteiger partial charge on any atom is 0.0702 e. The summed E-state index contributed by atoms with van der Waals surface area (Å²) >= 11 is 3.46. The first-order valence-corrected chi connectivity index (χ1v) is 6.09. The van der Waals surface area contributed by atoms with E-state index < -0.39 is 0 Å². The van der Waals surface area contributed by atoms with Gasteiger partial charge in [-0.3, -0.25) is 0 Å². The van der Waals surface area contributed by atoms with Crippen molar-refractivity contribution in [1.29, 1.82) is 0 Å². The van der Waals surface area contributed by atoms with E-state index in [9.17, 15) is 5.11 Å². The summed E-state index contributed by atoms with van der Waals surface area (Å²) in [6, 6.07) is 5.95. The highest BCUT2D eigenvalue weighted by atomic mass is 79.9. The molecule has 4 heteroatoms. The van der Waals surface area contributed by atoms with E-state index >= 15 is 0 Å². The molecule has 1 aromatic rings. The zero-order chi connectivity index (χ0) is 12.1. The summed E-state index contributed by atoms with van der Waals surface area (Å²) in [6.45, 7) is 2.01. The Labute approximate surface area is 106 Å². The van der Waals surface area contributed by atoms with Crippen molar-refractivity contribution in [1.82, 2.24) is 4.90 Å². The fourth-order valence-corrected chi connectivity index (χ4v) is 1.85. The van der Waals surface area contributed by atoms with Crippen LogP contribution < -0.4 is 4.90 Å². The van der Waals surface area contributed by atoms with Gasteiger partial charge >= 0.3 is 0 Å². The first-order chi connectivity index (χ1) is 7.54. The van der Waals surface area contributed by atoms with Crippen LogP contribution in [-0.4, -0.2) is 44.2 Å². The molecule has 3 nitrogen and oxygen atoms in total. The number of benzene rings is 1. The van der Waals surface area contributed by atoms with Crippen LogP contribution in [0.15, 0.2) is 22.7 Å². The van der Waals surface area contributed by atoms with Crippen molar-refractivity contribution in [3.63, 3.8) is 0 Å². The molecule has 90 valence electrons. The summed E-state index contributed by atoms with van der Waals surface area (Å²) in [6.07, 6.45) is 0. The number of aliphatic hydroxyl groups is 1. The third-order valence-corrected chi connectivity index (χ3v) is 3.00. The second-order valence-corrected chi connectivity index (χ2v) is 5.07. The van der Waals surface area contributed by atoms with Gasteiger partial charge in [-0.15, -0.1) is 0 Å². The first-order valence-electron chi connectivity index (χ1n) is 5.29. The van der Waals surface area contributed by atoms with Gasteiger partial charge in [0.05, 0.1) is 6.61 Å². The van der Waals surface area contributed by atoms with Crippen LogP contribution in [0.4, 0.5) is 5.69 Å². The molecule has 0 aliphatic carbocycles. The van der Waals surface area contributed by atoms with Crippen LogP contribution in [0.3, 0.4) is 0 Å². The van der Waals surface area contributed by atoms with Crippen molar-refractivity contribution in [2.75, 3.05) is 39.1 Å². The summed E-state index contributed by atoms with van der Waals surface area (Å²) in [5.41, 5.74) is 2.04. The topological polar surface area (TPSA) is 26.7 Å². The molecule has 16 heavy (non-hydrogen) atoms. The first kappa shape index (κ1) is 13.5. The monoisotopic (exact) mass is 286 g/mol. The van der Waals surface area contributed by atoms with Gasteiger partial charge in [0.2, 0.25) is 0 Å². The Kier molecular flexibility index (Phi) is 5.25. The molecule has 1 N–H and O–H groups in total. The van der Waals surface area contributed by atoms with Crippen LogP contribution in [0.2, 0.25) is 0 Å². The number of halogens is 1. The molecule has 0 radical (unpaired) electrons. The zero-order valence-corrected chi connectivity index (χ0v) is 11.7. The third-order valence-electron chi connectivity index (χ3n) is 2.51. The predicted molar refractivity (Wildman–Crippen MR) is 71.9 cm³/mol. The Bertz CT molecular complexity index is 342. The van der Waals surface area contributed by atoms with Crippen molar-refractivity contribution in [3.05, 3.63) is 28.2 Å².